The van der Waals surface area contributed by atoms with Crippen LogP contribution in [0, 0.1) is 5.92 Å². The van der Waals surface area contributed by atoms with Gasteiger partial charge in [-0.1, -0.05) is 58.4 Å². The molecule has 0 amide bonds. The van der Waals surface area contributed by atoms with E-state index in [0.717, 1.165) is 12.5 Å². The molecule has 2 unspecified atom stereocenters. The Bertz CT molecular complexity index is 430. The van der Waals surface area contributed by atoms with E-state index < -0.39 is 0 Å². The molecule has 2 rings (SSSR count). The van der Waals surface area contributed by atoms with Crippen LogP contribution in [0.25, 0.3) is 0 Å². The highest BCUT2D eigenvalue weighted by atomic mass is 15.1. The molecule has 21 heavy (non-hydrogen) atoms. The van der Waals surface area contributed by atoms with E-state index in [4.69, 9.17) is 5.73 Å². The molecule has 0 radical (unpaired) electrons. The third-order valence-corrected chi connectivity index (χ3v) is 4.84. The van der Waals surface area contributed by atoms with Gasteiger partial charge in [-0.3, -0.25) is 0 Å². The number of nitrogens with zero attached hydrogens (tertiary/aromatic N) is 1. The van der Waals surface area contributed by atoms with Gasteiger partial charge < -0.3 is 10.6 Å². The quantitative estimate of drug-likeness (QED) is 0.903. The summed E-state index contributed by atoms with van der Waals surface area (Å²) in [7, 11) is 0. The fourth-order valence-corrected chi connectivity index (χ4v) is 3.26. The Morgan fingerprint density at radius 3 is 2.48 bits per heavy atom. The maximum Gasteiger partial charge on any atom is 0.0424 e. The lowest BCUT2D eigenvalue weighted by atomic mass is 9.86. The summed E-state index contributed by atoms with van der Waals surface area (Å²) in [5.41, 5.74) is 9.29. The molecule has 2 nitrogen and oxygen atoms in total. The second-order valence-electron chi connectivity index (χ2n) is 7.65. The largest absolute Gasteiger partial charge is 0.323 e. The Morgan fingerprint density at radius 1 is 1.24 bits per heavy atom. The summed E-state index contributed by atoms with van der Waals surface area (Å²) in [6.45, 7) is 12.5. The molecule has 0 aliphatic carbocycles. The number of piperidine rings is 1. The molecule has 118 valence electrons. The van der Waals surface area contributed by atoms with Gasteiger partial charge in [0.15, 0.2) is 0 Å². The van der Waals surface area contributed by atoms with Gasteiger partial charge in [0.1, 0.15) is 0 Å². The van der Waals surface area contributed by atoms with Crippen LogP contribution in [0.2, 0.25) is 0 Å². The molecule has 0 aromatic heterocycles. The van der Waals surface area contributed by atoms with Crippen LogP contribution >= 0.6 is 0 Å². The number of hydrogen-bond acceptors (Lipinski definition) is 2. The van der Waals surface area contributed by atoms with Gasteiger partial charge in [0.25, 0.3) is 0 Å². The second kappa shape index (κ2) is 6.93. The van der Waals surface area contributed by atoms with Gasteiger partial charge >= 0.3 is 0 Å². The molecule has 0 bridgehead atoms. The van der Waals surface area contributed by atoms with E-state index in [1.165, 1.54) is 43.5 Å². The lowest BCUT2D eigenvalue weighted by Gasteiger charge is -2.34. The molecule has 1 aliphatic heterocycles. The van der Waals surface area contributed by atoms with E-state index in [2.05, 4.69) is 56.9 Å². The SMILES string of the molecule is CCC1CCCN(CC(N)c2ccc(C(C)(C)C)cc2)C1. The first-order valence-corrected chi connectivity index (χ1v) is 8.48. The molecule has 1 aromatic carbocycles. The fourth-order valence-electron chi connectivity index (χ4n) is 3.26. The Hall–Kier alpha value is -0.860. The molecule has 0 spiro atoms. The van der Waals surface area contributed by atoms with E-state index in [1.54, 1.807) is 0 Å². The van der Waals surface area contributed by atoms with E-state index in [9.17, 15) is 0 Å². The van der Waals surface area contributed by atoms with Crippen molar-refractivity contribution in [1.29, 1.82) is 0 Å². The van der Waals surface area contributed by atoms with E-state index >= 15 is 0 Å². The van der Waals surface area contributed by atoms with Crippen molar-refractivity contribution in [3.63, 3.8) is 0 Å². The van der Waals surface area contributed by atoms with Crippen molar-refractivity contribution in [3.05, 3.63) is 35.4 Å². The van der Waals surface area contributed by atoms with Crippen molar-refractivity contribution < 1.29 is 0 Å². The zero-order valence-corrected chi connectivity index (χ0v) is 14.2. The summed E-state index contributed by atoms with van der Waals surface area (Å²) in [4.78, 5) is 2.56. The van der Waals surface area contributed by atoms with Crippen LogP contribution in [-0.4, -0.2) is 24.5 Å². The summed E-state index contributed by atoms with van der Waals surface area (Å²) in [6.07, 6.45) is 4.02. The average Bonchev–Trinajstić information content (AvgIpc) is 2.46. The Morgan fingerprint density at radius 2 is 1.90 bits per heavy atom. The normalized spacial score (nSPS) is 22.2. The van der Waals surface area contributed by atoms with Crippen molar-refractivity contribution in [1.82, 2.24) is 4.90 Å². The first kappa shape index (κ1) is 16.5. The van der Waals surface area contributed by atoms with Crippen molar-refractivity contribution in [2.45, 2.75) is 58.4 Å². The monoisotopic (exact) mass is 288 g/mol. The molecule has 1 aromatic rings. The molecule has 0 saturated carbocycles. The summed E-state index contributed by atoms with van der Waals surface area (Å²) in [5.74, 6) is 0.870. The van der Waals surface area contributed by atoms with Gasteiger partial charge in [0.2, 0.25) is 0 Å². The highest BCUT2D eigenvalue weighted by Gasteiger charge is 2.21. The van der Waals surface area contributed by atoms with Crippen molar-refractivity contribution in [2.24, 2.45) is 11.7 Å². The average molecular weight is 288 g/mol. The summed E-state index contributed by atoms with van der Waals surface area (Å²) >= 11 is 0. The lowest BCUT2D eigenvalue weighted by molar-refractivity contribution is 0.163. The van der Waals surface area contributed by atoms with Crippen LogP contribution in [0.15, 0.2) is 24.3 Å². The summed E-state index contributed by atoms with van der Waals surface area (Å²) in [6, 6.07) is 9.04. The molecule has 2 heteroatoms. The fraction of sp³-hybridized carbons (Fsp3) is 0.684. The minimum atomic E-state index is 0.134. The van der Waals surface area contributed by atoms with Crippen LogP contribution in [0.5, 0.6) is 0 Å². The molecule has 2 N–H and O–H groups in total. The number of likely N-dealkylation sites (tertiary alicyclic amines) is 1. The van der Waals surface area contributed by atoms with Crippen LogP contribution < -0.4 is 5.73 Å². The van der Waals surface area contributed by atoms with Gasteiger partial charge in [0.05, 0.1) is 0 Å². The summed E-state index contributed by atoms with van der Waals surface area (Å²) < 4.78 is 0. The van der Waals surface area contributed by atoms with Gasteiger partial charge in [-0.25, -0.2) is 0 Å². The third-order valence-electron chi connectivity index (χ3n) is 4.84. The molecule has 2 atom stereocenters. The standard InChI is InChI=1S/C19H32N2/c1-5-15-7-6-12-21(13-15)14-18(20)16-8-10-17(11-9-16)19(2,3)4/h8-11,15,18H,5-7,12-14,20H2,1-4H3. The minimum Gasteiger partial charge on any atom is -0.323 e. The van der Waals surface area contributed by atoms with Gasteiger partial charge in [-0.05, 0) is 41.8 Å². The van der Waals surface area contributed by atoms with Crippen molar-refractivity contribution in [3.8, 4) is 0 Å². The maximum atomic E-state index is 6.43. The first-order chi connectivity index (χ1) is 9.90. The van der Waals surface area contributed by atoms with Crippen molar-refractivity contribution >= 4 is 0 Å². The van der Waals surface area contributed by atoms with Gasteiger partial charge in [-0.2, -0.15) is 0 Å². The van der Waals surface area contributed by atoms with E-state index in [0.29, 0.717) is 0 Å². The number of rotatable bonds is 4. The number of benzene rings is 1. The number of nitrogens with two attached hydrogens (primary N) is 1. The third kappa shape index (κ3) is 4.55. The van der Waals surface area contributed by atoms with Crippen molar-refractivity contribution in [2.75, 3.05) is 19.6 Å². The second-order valence-corrected chi connectivity index (χ2v) is 7.65. The van der Waals surface area contributed by atoms with E-state index in [1.807, 2.05) is 0 Å². The predicted molar refractivity (Wildman–Crippen MR) is 91.5 cm³/mol. The number of hydrogen-bond donors (Lipinski definition) is 1. The van der Waals surface area contributed by atoms with Crippen LogP contribution in [0.4, 0.5) is 0 Å². The highest BCUT2D eigenvalue weighted by Crippen LogP contribution is 2.25. The smallest absolute Gasteiger partial charge is 0.0424 e. The van der Waals surface area contributed by atoms with Crippen LogP contribution in [-0.2, 0) is 5.41 Å². The minimum absolute atomic E-state index is 0.134. The topological polar surface area (TPSA) is 29.3 Å². The van der Waals surface area contributed by atoms with E-state index in [-0.39, 0.29) is 11.5 Å². The predicted octanol–water partition coefficient (Wildman–Crippen LogP) is 4.11. The Balaban J connectivity index is 1.95. The van der Waals surface area contributed by atoms with Crippen LogP contribution in [0.1, 0.15) is 64.1 Å². The molecule has 1 fully saturated rings. The van der Waals surface area contributed by atoms with Crippen LogP contribution in [0.3, 0.4) is 0 Å². The van der Waals surface area contributed by atoms with Gasteiger partial charge in [-0.15, -0.1) is 0 Å². The highest BCUT2D eigenvalue weighted by molar-refractivity contribution is 5.29. The molecular weight excluding hydrogens is 256 g/mol. The molecule has 1 saturated heterocycles. The van der Waals surface area contributed by atoms with Gasteiger partial charge in [0, 0.05) is 19.1 Å². The molecule has 1 heterocycles. The summed E-state index contributed by atoms with van der Waals surface area (Å²) in [5, 5.41) is 0. The Labute approximate surface area is 130 Å². The zero-order valence-electron chi connectivity index (χ0n) is 14.2. The molecular formula is C19H32N2. The maximum absolute atomic E-state index is 6.43. The zero-order chi connectivity index (χ0) is 15.5. The lowest BCUT2D eigenvalue weighted by Crippen LogP contribution is -2.39. The Kier molecular flexibility index (Phi) is 5.45. The molecule has 1 aliphatic rings. The first-order valence-electron chi connectivity index (χ1n) is 8.48.